The monoisotopic (exact) mass is 334 g/mol. The molecular weight excluding hydrogens is 325 g/mol. The maximum Gasteiger partial charge on any atom is 0.534 e. The second-order valence-corrected chi connectivity index (χ2v) is 5.76. The first kappa shape index (κ1) is 16.1. The maximum atomic E-state index is 12.4. The Bertz CT molecular complexity index is 827. The average Bonchev–Trinajstić information content (AvgIpc) is 2.37. The van der Waals surface area contributed by atoms with Gasteiger partial charge in [0, 0.05) is 6.92 Å². The average molecular weight is 334 g/mol. The molecule has 0 fully saturated rings. The second-order valence-electron chi connectivity index (χ2n) is 4.22. The molecule has 0 aliphatic carbocycles. The summed E-state index contributed by atoms with van der Waals surface area (Å²) in [6.45, 7) is 1.03. The molecule has 2 rings (SSSR count). The molecule has 0 radical (unpaired) electrons. The molecule has 0 amide bonds. The number of hydrogen-bond donors (Lipinski definition) is 0. The van der Waals surface area contributed by atoms with Crippen molar-refractivity contribution < 1.29 is 35.3 Å². The van der Waals surface area contributed by atoms with Crippen molar-refractivity contribution in [1.29, 1.82) is 0 Å². The van der Waals surface area contributed by atoms with Crippen LogP contribution in [0.1, 0.15) is 6.92 Å². The summed E-state index contributed by atoms with van der Waals surface area (Å²) in [6, 6.07) is 8.70. The van der Waals surface area contributed by atoms with Gasteiger partial charge in [-0.05, 0) is 22.9 Å². The fourth-order valence-corrected chi connectivity index (χ4v) is 2.12. The maximum absolute atomic E-state index is 12.4. The number of halogens is 3. The van der Waals surface area contributed by atoms with Gasteiger partial charge in [0.2, 0.25) is 0 Å². The van der Waals surface area contributed by atoms with Gasteiger partial charge >= 0.3 is 21.6 Å². The minimum Gasteiger partial charge on any atom is -0.423 e. The van der Waals surface area contributed by atoms with Gasteiger partial charge in [-0.1, -0.05) is 24.3 Å². The summed E-state index contributed by atoms with van der Waals surface area (Å²) in [5.74, 6) is -1.96. The van der Waals surface area contributed by atoms with Gasteiger partial charge in [0.15, 0.2) is 11.5 Å². The van der Waals surface area contributed by atoms with Crippen molar-refractivity contribution in [2.24, 2.45) is 0 Å². The highest BCUT2D eigenvalue weighted by molar-refractivity contribution is 7.88. The first-order valence-corrected chi connectivity index (χ1v) is 7.23. The fraction of sp³-hybridized carbons (Fsp3) is 0.154. The van der Waals surface area contributed by atoms with Crippen LogP contribution in [0.25, 0.3) is 10.8 Å². The van der Waals surface area contributed by atoms with Crippen molar-refractivity contribution in [3.63, 3.8) is 0 Å². The zero-order valence-corrected chi connectivity index (χ0v) is 11.9. The Morgan fingerprint density at radius 1 is 1.05 bits per heavy atom. The van der Waals surface area contributed by atoms with Gasteiger partial charge in [0.1, 0.15) is 0 Å². The summed E-state index contributed by atoms with van der Waals surface area (Å²) >= 11 is 0. The summed E-state index contributed by atoms with van der Waals surface area (Å²) < 4.78 is 68.2. The van der Waals surface area contributed by atoms with Crippen molar-refractivity contribution in [2.75, 3.05) is 0 Å². The second kappa shape index (κ2) is 5.48. The number of carbonyl (C=O) groups excluding carboxylic acids is 1. The van der Waals surface area contributed by atoms with Gasteiger partial charge in [0.05, 0.1) is 0 Å². The molecular formula is C13H9F3O5S. The van der Waals surface area contributed by atoms with E-state index in [2.05, 4.69) is 4.18 Å². The van der Waals surface area contributed by atoms with Crippen LogP contribution in [0.15, 0.2) is 36.4 Å². The molecule has 0 bridgehead atoms. The number of fused-ring (bicyclic) bond motifs is 1. The first-order chi connectivity index (χ1) is 10.1. The SMILES string of the molecule is CC(=O)Oc1cc2ccccc2cc1OS(=O)(=O)C(F)(F)F. The minimum atomic E-state index is -5.87. The highest BCUT2D eigenvalue weighted by Crippen LogP contribution is 2.36. The Kier molecular flexibility index (Phi) is 4.01. The van der Waals surface area contributed by atoms with Gasteiger partial charge in [-0.25, -0.2) is 0 Å². The van der Waals surface area contributed by atoms with E-state index in [9.17, 15) is 26.4 Å². The van der Waals surface area contributed by atoms with Gasteiger partial charge in [-0.3, -0.25) is 4.79 Å². The lowest BCUT2D eigenvalue weighted by atomic mass is 10.1. The van der Waals surface area contributed by atoms with Gasteiger partial charge in [-0.2, -0.15) is 21.6 Å². The minimum absolute atomic E-state index is 0.418. The molecule has 2 aromatic carbocycles. The lowest BCUT2D eigenvalue weighted by molar-refractivity contribution is -0.131. The molecule has 0 aliphatic rings. The summed E-state index contributed by atoms with van der Waals surface area (Å²) in [7, 11) is -5.87. The van der Waals surface area contributed by atoms with Crippen LogP contribution in [-0.2, 0) is 14.9 Å². The van der Waals surface area contributed by atoms with E-state index in [1.165, 1.54) is 6.07 Å². The molecule has 0 N–H and O–H groups in total. The standard InChI is InChI=1S/C13H9F3O5S/c1-8(17)20-11-6-9-4-2-3-5-10(9)7-12(11)21-22(18,19)13(14,15)16/h2-7H,1H3. The van der Waals surface area contributed by atoms with E-state index >= 15 is 0 Å². The normalized spacial score (nSPS) is 12.2. The Morgan fingerprint density at radius 2 is 1.55 bits per heavy atom. The summed E-state index contributed by atoms with van der Waals surface area (Å²) in [6.07, 6.45) is 0. The van der Waals surface area contributed by atoms with Crippen molar-refractivity contribution in [3.05, 3.63) is 36.4 Å². The van der Waals surface area contributed by atoms with Gasteiger partial charge in [0.25, 0.3) is 0 Å². The Balaban J connectivity index is 2.57. The molecule has 0 saturated heterocycles. The molecule has 0 aromatic heterocycles. The molecule has 0 saturated carbocycles. The molecule has 2 aromatic rings. The Morgan fingerprint density at radius 3 is 2.00 bits per heavy atom. The quantitative estimate of drug-likeness (QED) is 0.373. The summed E-state index contributed by atoms with van der Waals surface area (Å²) in [5.41, 5.74) is -5.59. The lowest BCUT2D eigenvalue weighted by Gasteiger charge is -2.13. The smallest absolute Gasteiger partial charge is 0.423 e. The Labute approximate surface area is 123 Å². The predicted octanol–water partition coefficient (Wildman–Crippen LogP) is 2.99. The number of esters is 1. The number of carbonyl (C=O) groups is 1. The highest BCUT2D eigenvalue weighted by Gasteiger charge is 2.49. The van der Waals surface area contributed by atoms with Crippen molar-refractivity contribution in [1.82, 2.24) is 0 Å². The molecule has 0 aliphatic heterocycles. The fourth-order valence-electron chi connectivity index (χ4n) is 1.66. The van der Waals surface area contributed by atoms with E-state index in [1.807, 2.05) is 0 Å². The van der Waals surface area contributed by atoms with E-state index < -0.39 is 33.1 Å². The van der Waals surface area contributed by atoms with Crippen LogP contribution in [-0.4, -0.2) is 19.9 Å². The third kappa shape index (κ3) is 3.30. The molecule has 0 spiro atoms. The molecule has 22 heavy (non-hydrogen) atoms. The zero-order chi connectivity index (χ0) is 16.5. The number of benzene rings is 2. The molecule has 0 heterocycles. The van der Waals surface area contributed by atoms with E-state index in [-0.39, 0.29) is 0 Å². The number of alkyl halides is 3. The van der Waals surface area contributed by atoms with Crippen LogP contribution < -0.4 is 8.92 Å². The van der Waals surface area contributed by atoms with E-state index in [0.29, 0.717) is 10.8 Å². The topological polar surface area (TPSA) is 69.7 Å². The van der Waals surface area contributed by atoms with Crippen molar-refractivity contribution >= 4 is 26.9 Å². The molecule has 118 valence electrons. The number of ether oxygens (including phenoxy) is 1. The Hall–Kier alpha value is -2.29. The highest BCUT2D eigenvalue weighted by atomic mass is 32.2. The van der Waals surface area contributed by atoms with Gasteiger partial charge < -0.3 is 8.92 Å². The zero-order valence-electron chi connectivity index (χ0n) is 11.0. The third-order valence-electron chi connectivity index (χ3n) is 2.55. The largest absolute Gasteiger partial charge is 0.534 e. The van der Waals surface area contributed by atoms with Gasteiger partial charge in [-0.15, -0.1) is 0 Å². The van der Waals surface area contributed by atoms with Crippen LogP contribution >= 0.6 is 0 Å². The van der Waals surface area contributed by atoms with Crippen LogP contribution in [0.4, 0.5) is 13.2 Å². The summed E-state index contributed by atoms with van der Waals surface area (Å²) in [5, 5.41) is 0.960. The van der Waals surface area contributed by atoms with E-state index in [1.54, 1.807) is 24.3 Å². The predicted molar refractivity (Wildman–Crippen MR) is 70.9 cm³/mol. The summed E-state index contributed by atoms with van der Waals surface area (Å²) in [4.78, 5) is 11.0. The molecule has 0 unspecified atom stereocenters. The number of hydrogen-bond acceptors (Lipinski definition) is 5. The van der Waals surface area contributed by atoms with E-state index in [0.717, 1.165) is 13.0 Å². The van der Waals surface area contributed by atoms with Crippen molar-refractivity contribution in [3.8, 4) is 11.5 Å². The van der Waals surface area contributed by atoms with Crippen LogP contribution in [0, 0.1) is 0 Å². The van der Waals surface area contributed by atoms with Crippen molar-refractivity contribution in [2.45, 2.75) is 12.4 Å². The lowest BCUT2D eigenvalue weighted by Crippen LogP contribution is -2.28. The molecule has 0 atom stereocenters. The van der Waals surface area contributed by atoms with E-state index in [4.69, 9.17) is 4.74 Å². The van der Waals surface area contributed by atoms with Crippen LogP contribution in [0.3, 0.4) is 0 Å². The third-order valence-corrected chi connectivity index (χ3v) is 3.51. The molecule has 9 heteroatoms. The number of rotatable bonds is 3. The van der Waals surface area contributed by atoms with Crippen LogP contribution in [0.2, 0.25) is 0 Å². The molecule has 5 nitrogen and oxygen atoms in total. The van der Waals surface area contributed by atoms with Crippen LogP contribution in [0.5, 0.6) is 11.5 Å². The first-order valence-electron chi connectivity index (χ1n) is 5.82.